The SMILES string of the molecule is C#CCNC(=O)c1ccccc1NC(=O)C1CCC(c2ccccc2)NC1=O. The van der Waals surface area contributed by atoms with Gasteiger partial charge in [0.25, 0.3) is 5.91 Å². The Bertz CT molecular complexity index is 918. The second kappa shape index (κ2) is 8.87. The third kappa shape index (κ3) is 4.38. The van der Waals surface area contributed by atoms with E-state index in [9.17, 15) is 14.4 Å². The van der Waals surface area contributed by atoms with Crippen LogP contribution in [0.15, 0.2) is 54.6 Å². The lowest BCUT2D eigenvalue weighted by Crippen LogP contribution is -2.44. The van der Waals surface area contributed by atoms with Gasteiger partial charge in [0, 0.05) is 0 Å². The van der Waals surface area contributed by atoms with Crippen molar-refractivity contribution in [3.8, 4) is 12.3 Å². The summed E-state index contributed by atoms with van der Waals surface area (Å²) in [5.74, 6) is 0.402. The smallest absolute Gasteiger partial charge is 0.254 e. The van der Waals surface area contributed by atoms with Gasteiger partial charge in [0.05, 0.1) is 23.8 Å². The summed E-state index contributed by atoms with van der Waals surface area (Å²) in [7, 11) is 0. The minimum absolute atomic E-state index is 0.0903. The number of amides is 3. The third-order valence-electron chi connectivity index (χ3n) is 4.68. The molecule has 1 aliphatic rings. The molecule has 0 bridgehead atoms. The highest BCUT2D eigenvalue weighted by molar-refractivity contribution is 6.10. The van der Waals surface area contributed by atoms with Gasteiger partial charge in [-0.2, -0.15) is 0 Å². The molecule has 1 aliphatic heterocycles. The summed E-state index contributed by atoms with van der Waals surface area (Å²) in [4.78, 5) is 37.4. The van der Waals surface area contributed by atoms with Crippen LogP contribution in [0.5, 0.6) is 0 Å². The van der Waals surface area contributed by atoms with Crippen molar-refractivity contribution in [2.45, 2.75) is 18.9 Å². The Morgan fingerprint density at radius 1 is 1.07 bits per heavy atom. The largest absolute Gasteiger partial charge is 0.349 e. The monoisotopic (exact) mass is 375 g/mol. The summed E-state index contributed by atoms with van der Waals surface area (Å²) in [5, 5.41) is 8.19. The van der Waals surface area contributed by atoms with Gasteiger partial charge in [-0.3, -0.25) is 14.4 Å². The molecule has 6 nitrogen and oxygen atoms in total. The highest BCUT2D eigenvalue weighted by Crippen LogP contribution is 2.27. The van der Waals surface area contributed by atoms with E-state index >= 15 is 0 Å². The molecule has 2 atom stereocenters. The lowest BCUT2D eigenvalue weighted by atomic mass is 9.89. The maximum atomic E-state index is 12.7. The van der Waals surface area contributed by atoms with Gasteiger partial charge < -0.3 is 16.0 Å². The number of anilines is 1. The summed E-state index contributed by atoms with van der Waals surface area (Å²) < 4.78 is 0. The Balaban J connectivity index is 1.67. The summed E-state index contributed by atoms with van der Waals surface area (Å²) in [6.45, 7) is 0.0903. The van der Waals surface area contributed by atoms with Crippen molar-refractivity contribution in [3.05, 3.63) is 65.7 Å². The fourth-order valence-corrected chi connectivity index (χ4v) is 3.23. The number of nitrogens with one attached hydrogen (secondary N) is 3. The maximum absolute atomic E-state index is 12.7. The number of para-hydroxylation sites is 1. The first kappa shape index (κ1) is 19.2. The van der Waals surface area contributed by atoms with Crippen molar-refractivity contribution in [1.29, 1.82) is 0 Å². The van der Waals surface area contributed by atoms with Gasteiger partial charge in [-0.05, 0) is 30.5 Å². The van der Waals surface area contributed by atoms with E-state index in [4.69, 9.17) is 6.42 Å². The topological polar surface area (TPSA) is 87.3 Å². The molecule has 3 rings (SSSR count). The zero-order valence-corrected chi connectivity index (χ0v) is 15.3. The zero-order valence-electron chi connectivity index (χ0n) is 15.3. The lowest BCUT2D eigenvalue weighted by molar-refractivity contribution is -0.135. The van der Waals surface area contributed by atoms with Gasteiger partial charge in [-0.1, -0.05) is 48.4 Å². The van der Waals surface area contributed by atoms with E-state index in [1.54, 1.807) is 24.3 Å². The number of terminal acetylenes is 1. The number of carbonyl (C=O) groups is 3. The van der Waals surface area contributed by atoms with Crippen LogP contribution in [0.2, 0.25) is 0 Å². The average molecular weight is 375 g/mol. The quantitative estimate of drug-likeness (QED) is 0.553. The van der Waals surface area contributed by atoms with Crippen LogP contribution in [0.4, 0.5) is 5.69 Å². The summed E-state index contributed by atoms with van der Waals surface area (Å²) in [6.07, 6.45) is 6.26. The molecule has 142 valence electrons. The van der Waals surface area contributed by atoms with Crippen LogP contribution in [0.1, 0.15) is 34.8 Å². The van der Waals surface area contributed by atoms with Crippen LogP contribution in [0.25, 0.3) is 0 Å². The molecule has 28 heavy (non-hydrogen) atoms. The Kier molecular flexibility index (Phi) is 6.07. The maximum Gasteiger partial charge on any atom is 0.254 e. The van der Waals surface area contributed by atoms with E-state index in [2.05, 4.69) is 21.9 Å². The standard InChI is InChI=1S/C22H21N3O3/c1-2-14-23-20(26)16-10-6-7-11-19(16)25-22(28)17-12-13-18(24-21(17)27)15-8-4-3-5-9-15/h1,3-11,17-18H,12-14H2,(H,23,26)(H,24,27)(H,25,28). The number of rotatable bonds is 5. The Labute approximate surface area is 163 Å². The Hall–Kier alpha value is -3.59. The van der Waals surface area contributed by atoms with E-state index in [0.29, 0.717) is 24.1 Å². The zero-order chi connectivity index (χ0) is 19.9. The molecule has 0 aromatic heterocycles. The van der Waals surface area contributed by atoms with E-state index in [-0.39, 0.29) is 24.4 Å². The van der Waals surface area contributed by atoms with E-state index in [1.807, 2.05) is 30.3 Å². The number of benzene rings is 2. The van der Waals surface area contributed by atoms with Crippen LogP contribution in [-0.4, -0.2) is 24.3 Å². The molecular formula is C22H21N3O3. The summed E-state index contributed by atoms with van der Waals surface area (Å²) >= 11 is 0. The van der Waals surface area contributed by atoms with E-state index in [0.717, 1.165) is 5.56 Å². The summed E-state index contributed by atoms with van der Waals surface area (Å²) in [6, 6.07) is 16.2. The summed E-state index contributed by atoms with van der Waals surface area (Å²) in [5.41, 5.74) is 1.66. The van der Waals surface area contributed by atoms with Crippen LogP contribution >= 0.6 is 0 Å². The van der Waals surface area contributed by atoms with Crippen molar-refractivity contribution >= 4 is 23.4 Å². The van der Waals surface area contributed by atoms with E-state index in [1.165, 1.54) is 0 Å². The molecule has 1 heterocycles. The van der Waals surface area contributed by atoms with Gasteiger partial charge >= 0.3 is 0 Å². The third-order valence-corrected chi connectivity index (χ3v) is 4.68. The molecule has 0 saturated carbocycles. The van der Waals surface area contributed by atoms with Crippen LogP contribution < -0.4 is 16.0 Å². The second-order valence-corrected chi connectivity index (χ2v) is 6.52. The van der Waals surface area contributed by atoms with Gasteiger partial charge in [0.15, 0.2) is 0 Å². The fourth-order valence-electron chi connectivity index (χ4n) is 3.23. The Morgan fingerprint density at radius 3 is 2.50 bits per heavy atom. The first-order valence-corrected chi connectivity index (χ1v) is 9.07. The highest BCUT2D eigenvalue weighted by atomic mass is 16.2. The molecule has 0 aliphatic carbocycles. The van der Waals surface area contributed by atoms with Gasteiger partial charge in [-0.15, -0.1) is 6.42 Å². The molecule has 2 aromatic rings. The minimum atomic E-state index is -0.804. The highest BCUT2D eigenvalue weighted by Gasteiger charge is 2.34. The second-order valence-electron chi connectivity index (χ2n) is 6.52. The first-order chi connectivity index (χ1) is 13.6. The fraction of sp³-hybridized carbons (Fsp3) is 0.227. The molecule has 2 unspecified atom stereocenters. The van der Waals surface area contributed by atoms with Gasteiger partial charge in [0.1, 0.15) is 5.92 Å². The lowest BCUT2D eigenvalue weighted by Gasteiger charge is -2.29. The van der Waals surface area contributed by atoms with Crippen molar-refractivity contribution < 1.29 is 14.4 Å². The van der Waals surface area contributed by atoms with E-state index < -0.39 is 11.8 Å². The number of piperidine rings is 1. The van der Waals surface area contributed by atoms with Crippen molar-refractivity contribution in [2.24, 2.45) is 5.92 Å². The molecule has 3 amide bonds. The molecular weight excluding hydrogens is 354 g/mol. The van der Waals surface area contributed by atoms with Crippen LogP contribution in [-0.2, 0) is 9.59 Å². The number of hydrogen-bond donors (Lipinski definition) is 3. The molecule has 1 saturated heterocycles. The molecule has 0 spiro atoms. The molecule has 3 N–H and O–H groups in total. The predicted molar refractivity (Wildman–Crippen MR) is 106 cm³/mol. The van der Waals surface area contributed by atoms with Crippen LogP contribution in [0.3, 0.4) is 0 Å². The number of carbonyl (C=O) groups excluding carboxylic acids is 3. The van der Waals surface area contributed by atoms with Crippen molar-refractivity contribution in [3.63, 3.8) is 0 Å². The first-order valence-electron chi connectivity index (χ1n) is 9.07. The van der Waals surface area contributed by atoms with Crippen LogP contribution in [0, 0.1) is 18.3 Å². The van der Waals surface area contributed by atoms with Crippen molar-refractivity contribution in [1.82, 2.24) is 10.6 Å². The van der Waals surface area contributed by atoms with Gasteiger partial charge in [0.2, 0.25) is 11.8 Å². The minimum Gasteiger partial charge on any atom is -0.349 e. The molecule has 2 aromatic carbocycles. The molecule has 1 fully saturated rings. The predicted octanol–water partition coefficient (Wildman–Crippen LogP) is 2.26. The Morgan fingerprint density at radius 2 is 1.79 bits per heavy atom. The normalized spacial score (nSPS) is 18.5. The molecule has 6 heteroatoms. The van der Waals surface area contributed by atoms with Gasteiger partial charge in [-0.25, -0.2) is 0 Å². The number of hydrogen-bond acceptors (Lipinski definition) is 3. The average Bonchev–Trinajstić information content (AvgIpc) is 2.72. The van der Waals surface area contributed by atoms with Crippen molar-refractivity contribution in [2.75, 3.05) is 11.9 Å². The molecule has 0 radical (unpaired) electrons.